The molecule has 4 nitrogen and oxygen atoms in total. The Morgan fingerprint density at radius 1 is 0.365 bits per heavy atom. The minimum absolute atomic E-state index is 0.570. The van der Waals surface area contributed by atoms with E-state index in [-0.39, 0.29) is 0 Å². The molecule has 0 saturated heterocycles. The summed E-state index contributed by atoms with van der Waals surface area (Å²) in [4.78, 5) is 0. The van der Waals surface area contributed by atoms with Crippen LogP contribution in [0.25, 0.3) is 5.70 Å². The molecule has 0 aliphatic heterocycles. The van der Waals surface area contributed by atoms with Gasteiger partial charge >= 0.3 is 16.6 Å². The second-order valence-electron chi connectivity index (χ2n) is 12.4. The average molecular weight is 709 g/mol. The van der Waals surface area contributed by atoms with E-state index in [0.717, 1.165) is 42.4 Å². The number of allylic oxidation sites excluding steroid dienone is 1. The third-order valence-corrected chi connectivity index (χ3v) is 16.8. The van der Waals surface area contributed by atoms with Gasteiger partial charge in [-0.3, -0.25) is 11.0 Å². The van der Waals surface area contributed by atoms with Crippen molar-refractivity contribution in [3.8, 4) is 0 Å². The second kappa shape index (κ2) is 16.3. The van der Waals surface area contributed by atoms with E-state index in [9.17, 15) is 0 Å². The number of rotatable bonds is 14. The van der Waals surface area contributed by atoms with Gasteiger partial charge in [0, 0.05) is 0 Å². The minimum atomic E-state index is -3.08. The summed E-state index contributed by atoms with van der Waals surface area (Å²) in [6, 6.07) is 73.1. The summed E-state index contributed by atoms with van der Waals surface area (Å²) in [7, 11) is -6.12. The molecule has 7 aromatic rings. The molecule has 7 aromatic carbocycles. The Kier molecular flexibility index (Phi) is 10.8. The van der Waals surface area contributed by atoms with Gasteiger partial charge in [0.25, 0.3) is 0 Å². The van der Waals surface area contributed by atoms with Gasteiger partial charge in [0.05, 0.1) is 11.4 Å². The number of benzene rings is 7. The molecule has 0 bridgehead atoms. The zero-order chi connectivity index (χ0) is 35.5. The van der Waals surface area contributed by atoms with Crippen molar-refractivity contribution in [1.82, 2.24) is 11.0 Å². The number of hydrogen-bond donors (Lipinski definition) is 2. The molecule has 0 fully saturated rings. The maximum Gasteiger partial charge on any atom is 0.321 e. The van der Waals surface area contributed by atoms with E-state index < -0.39 is 16.6 Å². The van der Waals surface area contributed by atoms with Crippen molar-refractivity contribution in [1.29, 1.82) is 0 Å². The molecule has 0 spiro atoms. The molecule has 0 radical (unpaired) electrons. The van der Waals surface area contributed by atoms with Crippen LogP contribution >= 0.6 is 0 Å². The smallest absolute Gasteiger partial charge is 0.305 e. The Morgan fingerprint density at radius 2 is 0.615 bits per heavy atom. The first-order valence-electron chi connectivity index (χ1n) is 17.4. The molecule has 0 unspecified atom stereocenters. The molecule has 6 heteroatoms. The highest BCUT2D eigenvalue weighted by atomic mass is 28.4. The van der Waals surface area contributed by atoms with E-state index in [2.05, 4.69) is 175 Å². The third-order valence-electron chi connectivity index (χ3n) is 9.13. The highest BCUT2D eigenvalue weighted by molar-refractivity contribution is 7.07. The zero-order valence-corrected chi connectivity index (χ0v) is 30.8. The van der Waals surface area contributed by atoms with E-state index in [4.69, 9.17) is 9.05 Å². The van der Waals surface area contributed by atoms with Crippen molar-refractivity contribution in [2.24, 2.45) is 0 Å². The predicted molar refractivity (Wildman–Crippen MR) is 220 cm³/mol. The molecule has 2 N–H and O–H groups in total. The van der Waals surface area contributed by atoms with Gasteiger partial charge in [0.1, 0.15) is 0 Å². The molecule has 254 valence electrons. The molecule has 0 aromatic heterocycles. The average Bonchev–Trinajstić information content (AvgIpc) is 3.23. The quantitative estimate of drug-likeness (QED) is 0.0638. The molecule has 7 rings (SSSR count). The monoisotopic (exact) mass is 708 g/mol. The molecule has 0 saturated carbocycles. The fourth-order valence-corrected chi connectivity index (χ4v) is 13.9. The summed E-state index contributed by atoms with van der Waals surface area (Å²) in [5.41, 5.74) is 9.05. The summed E-state index contributed by atoms with van der Waals surface area (Å²) in [6.45, 7) is 4.45. The van der Waals surface area contributed by atoms with Crippen LogP contribution in [-0.4, -0.2) is 16.6 Å². The fraction of sp³-hybridized carbons (Fsp3) is 0. The molecule has 0 atom stereocenters. The summed E-state index contributed by atoms with van der Waals surface area (Å²) in [5, 5.41) is 6.72. The van der Waals surface area contributed by atoms with Crippen LogP contribution in [-0.2, 0) is 9.05 Å². The van der Waals surface area contributed by atoms with Crippen LogP contribution in [0, 0.1) is 0 Å². The maximum atomic E-state index is 7.18. The molecule has 0 aliphatic carbocycles. The lowest BCUT2D eigenvalue weighted by Gasteiger charge is -2.33. The van der Waals surface area contributed by atoms with Gasteiger partial charge in [-0.1, -0.05) is 219 Å². The molecule has 0 heterocycles. The largest absolute Gasteiger partial charge is 0.321 e. The minimum Gasteiger partial charge on any atom is -0.305 e. The summed E-state index contributed by atoms with van der Waals surface area (Å²) < 4.78 is 14.2. The first kappa shape index (κ1) is 34.4. The Morgan fingerprint density at radius 3 is 0.904 bits per heavy atom. The Balaban J connectivity index is 1.28. The van der Waals surface area contributed by atoms with Crippen molar-refractivity contribution in [3.05, 3.63) is 236 Å². The predicted octanol–water partition coefficient (Wildman–Crippen LogP) is 5.92. The van der Waals surface area contributed by atoms with Crippen LogP contribution < -0.4 is 42.1 Å². The lowest BCUT2D eigenvalue weighted by atomic mass is 10.1. The first-order valence-corrected chi connectivity index (χ1v) is 21.2. The van der Waals surface area contributed by atoms with E-state index in [0.29, 0.717) is 5.70 Å². The number of nitrogens with one attached hydrogen (secondary N) is 2. The van der Waals surface area contributed by atoms with Crippen molar-refractivity contribution in [2.75, 3.05) is 0 Å². The van der Waals surface area contributed by atoms with Crippen molar-refractivity contribution in [3.63, 3.8) is 0 Å². The molecular weight excluding hydrogens is 669 g/mol. The highest BCUT2D eigenvalue weighted by Gasteiger charge is 2.44. The van der Waals surface area contributed by atoms with Crippen molar-refractivity contribution < 1.29 is 9.05 Å². The maximum absolute atomic E-state index is 7.18. The summed E-state index contributed by atoms with van der Waals surface area (Å²) in [6.07, 6.45) is 1.95. The van der Waals surface area contributed by atoms with Crippen LogP contribution in [0.1, 0.15) is 5.56 Å². The van der Waals surface area contributed by atoms with E-state index in [1.165, 1.54) is 0 Å². The van der Waals surface area contributed by atoms with Crippen LogP contribution in [0.5, 0.6) is 0 Å². The van der Waals surface area contributed by atoms with Crippen LogP contribution in [0.4, 0.5) is 0 Å². The van der Waals surface area contributed by atoms with Gasteiger partial charge < -0.3 is 9.05 Å². The van der Waals surface area contributed by atoms with Crippen LogP contribution in [0.15, 0.2) is 231 Å². The lowest BCUT2D eigenvalue weighted by Crippen LogP contribution is -2.71. The number of hydroxylamine groups is 2. The Labute approximate surface area is 308 Å². The van der Waals surface area contributed by atoms with Crippen LogP contribution in [0.2, 0.25) is 0 Å². The standard InChI is InChI=1S/C46H40N2O2Si2/c1-38(47-49-51(40-25-11-3-12-26-40,41-27-13-4-14-28-41)42-29-15-5-16-30-42)37-46(39-23-9-2-10-24-39)48-50-52(43-31-17-6-18-32-43,44-33-19-7-20-34-44)45-35-21-8-22-36-45/h2-37,47-48H,1H2. The second-order valence-corrected chi connectivity index (χ2v) is 19.0. The summed E-state index contributed by atoms with van der Waals surface area (Å²) >= 11 is 0. The van der Waals surface area contributed by atoms with Crippen molar-refractivity contribution >= 4 is 53.5 Å². The summed E-state index contributed by atoms with van der Waals surface area (Å²) in [5.74, 6) is 0. The van der Waals surface area contributed by atoms with Gasteiger partial charge in [-0.05, 0) is 42.8 Å². The van der Waals surface area contributed by atoms with Gasteiger partial charge in [-0.2, -0.15) is 0 Å². The normalized spacial score (nSPS) is 11.8. The zero-order valence-electron chi connectivity index (χ0n) is 28.8. The van der Waals surface area contributed by atoms with Gasteiger partial charge in [-0.15, -0.1) is 0 Å². The third kappa shape index (κ3) is 7.23. The van der Waals surface area contributed by atoms with Crippen molar-refractivity contribution in [2.45, 2.75) is 0 Å². The van der Waals surface area contributed by atoms with Gasteiger partial charge in [0.15, 0.2) is 0 Å². The van der Waals surface area contributed by atoms with E-state index in [1.54, 1.807) is 0 Å². The number of hydrogen-bond acceptors (Lipinski definition) is 4. The van der Waals surface area contributed by atoms with Crippen LogP contribution in [0.3, 0.4) is 0 Å². The van der Waals surface area contributed by atoms with Gasteiger partial charge in [0.2, 0.25) is 0 Å². The molecule has 0 aliphatic rings. The molecular formula is C46H40N2O2Si2. The molecule has 0 amide bonds. The Bertz CT molecular complexity index is 1990. The first-order chi connectivity index (χ1) is 25.7. The fourth-order valence-electron chi connectivity index (χ4n) is 6.66. The SMILES string of the molecule is C=C(C=C(NO[Si](c1ccccc1)(c1ccccc1)c1ccccc1)c1ccccc1)NO[Si](c1ccccc1)(c1ccccc1)c1ccccc1. The van der Waals surface area contributed by atoms with Gasteiger partial charge in [-0.25, -0.2) is 0 Å². The molecule has 52 heavy (non-hydrogen) atoms. The topological polar surface area (TPSA) is 42.5 Å². The van der Waals surface area contributed by atoms with E-state index in [1.807, 2.05) is 60.7 Å². The lowest BCUT2D eigenvalue weighted by molar-refractivity contribution is 0.235. The van der Waals surface area contributed by atoms with E-state index >= 15 is 0 Å². The highest BCUT2D eigenvalue weighted by Crippen LogP contribution is 2.17. The Hall–Kier alpha value is -6.03.